The van der Waals surface area contributed by atoms with Gasteiger partial charge in [-0.1, -0.05) is 6.07 Å². The predicted molar refractivity (Wildman–Crippen MR) is 90.7 cm³/mol. The van der Waals surface area contributed by atoms with Crippen molar-refractivity contribution < 1.29 is 23.7 Å². The van der Waals surface area contributed by atoms with E-state index in [1.54, 1.807) is 20.1 Å². The van der Waals surface area contributed by atoms with E-state index < -0.39 is 0 Å². The molecule has 1 unspecified atom stereocenters. The first-order valence-corrected chi connectivity index (χ1v) is 8.29. The first-order valence-electron chi connectivity index (χ1n) is 8.29. The van der Waals surface area contributed by atoms with Crippen molar-refractivity contribution in [3.05, 3.63) is 35.9 Å². The molecule has 2 aromatic carbocycles. The van der Waals surface area contributed by atoms with Gasteiger partial charge in [0.15, 0.2) is 6.29 Å². The molecule has 0 bridgehead atoms. The molecule has 2 aromatic rings. The number of benzene rings is 2. The minimum Gasteiger partial charge on any atom is -0.495 e. The largest absolute Gasteiger partial charge is 0.495 e. The van der Waals surface area contributed by atoms with E-state index in [2.05, 4.69) is 0 Å². The van der Waals surface area contributed by atoms with Crippen LogP contribution in [0.5, 0.6) is 11.5 Å². The third-order valence-corrected chi connectivity index (χ3v) is 4.05. The SMILES string of the molecule is CCOC(=O)c1ccc2cc(OC3CCCCO3)ccc2c1OC. The van der Waals surface area contributed by atoms with Crippen molar-refractivity contribution >= 4 is 16.7 Å². The number of hydrogen-bond acceptors (Lipinski definition) is 5. The maximum Gasteiger partial charge on any atom is 0.341 e. The molecule has 0 aromatic heterocycles. The fourth-order valence-corrected chi connectivity index (χ4v) is 2.90. The molecule has 24 heavy (non-hydrogen) atoms. The van der Waals surface area contributed by atoms with Gasteiger partial charge in [0.2, 0.25) is 0 Å². The zero-order chi connectivity index (χ0) is 16.9. The van der Waals surface area contributed by atoms with Crippen molar-refractivity contribution in [2.24, 2.45) is 0 Å². The number of carbonyl (C=O) groups is 1. The summed E-state index contributed by atoms with van der Waals surface area (Å²) in [5.41, 5.74) is 0.427. The average Bonchev–Trinajstić information content (AvgIpc) is 2.61. The molecule has 1 fully saturated rings. The van der Waals surface area contributed by atoms with Crippen LogP contribution in [0.25, 0.3) is 10.8 Å². The zero-order valence-corrected chi connectivity index (χ0v) is 14.0. The molecule has 0 radical (unpaired) electrons. The smallest absolute Gasteiger partial charge is 0.341 e. The molecule has 0 spiro atoms. The molecule has 1 atom stereocenters. The molecule has 5 heteroatoms. The van der Waals surface area contributed by atoms with E-state index in [0.29, 0.717) is 17.9 Å². The van der Waals surface area contributed by atoms with E-state index in [-0.39, 0.29) is 12.3 Å². The molecule has 3 rings (SSSR count). The quantitative estimate of drug-likeness (QED) is 0.778. The summed E-state index contributed by atoms with van der Waals surface area (Å²) in [4.78, 5) is 12.1. The Morgan fingerprint density at radius 2 is 2.12 bits per heavy atom. The van der Waals surface area contributed by atoms with Crippen LogP contribution in [0, 0.1) is 0 Å². The van der Waals surface area contributed by atoms with Crippen LogP contribution in [0.15, 0.2) is 30.3 Å². The summed E-state index contributed by atoms with van der Waals surface area (Å²) in [7, 11) is 1.55. The predicted octanol–water partition coefficient (Wildman–Crippen LogP) is 3.93. The summed E-state index contributed by atoms with van der Waals surface area (Å²) in [6.45, 7) is 2.85. The summed E-state index contributed by atoms with van der Waals surface area (Å²) in [6.07, 6.45) is 2.93. The van der Waals surface area contributed by atoms with Crippen LogP contribution >= 0.6 is 0 Å². The van der Waals surface area contributed by atoms with Crippen LogP contribution in [-0.4, -0.2) is 32.6 Å². The highest BCUT2D eigenvalue weighted by Gasteiger charge is 2.18. The number of ether oxygens (including phenoxy) is 4. The zero-order valence-electron chi connectivity index (χ0n) is 14.0. The third kappa shape index (κ3) is 3.46. The van der Waals surface area contributed by atoms with E-state index in [0.717, 1.165) is 42.4 Å². The van der Waals surface area contributed by atoms with Gasteiger partial charge in [0, 0.05) is 11.8 Å². The van der Waals surface area contributed by atoms with Crippen LogP contribution in [0.2, 0.25) is 0 Å². The summed E-state index contributed by atoms with van der Waals surface area (Å²) < 4.78 is 22.0. The van der Waals surface area contributed by atoms with Gasteiger partial charge < -0.3 is 18.9 Å². The van der Waals surface area contributed by atoms with Crippen molar-refractivity contribution in [3.8, 4) is 11.5 Å². The third-order valence-electron chi connectivity index (χ3n) is 4.05. The highest BCUT2D eigenvalue weighted by molar-refractivity contribution is 6.01. The van der Waals surface area contributed by atoms with Crippen molar-refractivity contribution in [2.45, 2.75) is 32.5 Å². The molecule has 5 nitrogen and oxygen atoms in total. The van der Waals surface area contributed by atoms with Crippen molar-refractivity contribution in [2.75, 3.05) is 20.3 Å². The van der Waals surface area contributed by atoms with Crippen LogP contribution in [0.1, 0.15) is 36.5 Å². The standard InChI is InChI=1S/C19H22O5/c1-3-22-19(20)16-9-7-13-12-14(8-10-15(13)18(16)21-2)24-17-6-4-5-11-23-17/h7-10,12,17H,3-6,11H2,1-2H3. The lowest BCUT2D eigenvalue weighted by Gasteiger charge is -2.23. The summed E-state index contributed by atoms with van der Waals surface area (Å²) >= 11 is 0. The van der Waals surface area contributed by atoms with Gasteiger partial charge in [-0.05, 0) is 49.4 Å². The lowest BCUT2D eigenvalue weighted by atomic mass is 10.0. The number of methoxy groups -OCH3 is 1. The maximum absolute atomic E-state index is 12.1. The van der Waals surface area contributed by atoms with E-state index in [9.17, 15) is 4.79 Å². The van der Waals surface area contributed by atoms with Crippen LogP contribution in [0.4, 0.5) is 0 Å². The first kappa shape index (κ1) is 16.6. The maximum atomic E-state index is 12.1. The number of rotatable bonds is 5. The van der Waals surface area contributed by atoms with Crippen molar-refractivity contribution in [3.63, 3.8) is 0 Å². The van der Waals surface area contributed by atoms with Gasteiger partial charge in [-0.2, -0.15) is 0 Å². The normalized spacial score (nSPS) is 17.5. The highest BCUT2D eigenvalue weighted by atomic mass is 16.7. The Kier molecular flexibility index (Phi) is 5.20. The van der Waals surface area contributed by atoms with E-state index >= 15 is 0 Å². The molecular weight excluding hydrogens is 308 g/mol. The van der Waals surface area contributed by atoms with Gasteiger partial charge >= 0.3 is 5.97 Å². The number of fused-ring (bicyclic) bond motifs is 1. The van der Waals surface area contributed by atoms with Crippen LogP contribution in [0.3, 0.4) is 0 Å². The van der Waals surface area contributed by atoms with Gasteiger partial charge in [-0.15, -0.1) is 0 Å². The Hall–Kier alpha value is -2.27. The molecule has 0 aliphatic carbocycles. The Morgan fingerprint density at radius 1 is 1.25 bits per heavy atom. The topological polar surface area (TPSA) is 54.0 Å². The molecule has 0 saturated carbocycles. The van der Waals surface area contributed by atoms with Gasteiger partial charge in [0.1, 0.15) is 17.1 Å². The minimum atomic E-state index is -0.382. The number of hydrogen-bond donors (Lipinski definition) is 0. The first-order chi connectivity index (χ1) is 11.7. The van der Waals surface area contributed by atoms with Crippen LogP contribution in [-0.2, 0) is 9.47 Å². The van der Waals surface area contributed by atoms with Gasteiger partial charge in [-0.25, -0.2) is 4.79 Å². The molecule has 0 amide bonds. The van der Waals surface area contributed by atoms with Gasteiger partial charge in [0.05, 0.1) is 20.3 Å². The molecule has 128 valence electrons. The van der Waals surface area contributed by atoms with E-state index in [1.165, 1.54) is 0 Å². The second kappa shape index (κ2) is 7.53. The van der Waals surface area contributed by atoms with E-state index in [4.69, 9.17) is 18.9 Å². The van der Waals surface area contributed by atoms with Crippen molar-refractivity contribution in [1.82, 2.24) is 0 Å². The van der Waals surface area contributed by atoms with Crippen LogP contribution < -0.4 is 9.47 Å². The molecular formula is C19H22O5. The summed E-state index contributed by atoms with van der Waals surface area (Å²) in [6, 6.07) is 9.30. The summed E-state index contributed by atoms with van der Waals surface area (Å²) in [5, 5.41) is 1.79. The second-order valence-corrected chi connectivity index (χ2v) is 5.66. The van der Waals surface area contributed by atoms with Gasteiger partial charge in [0.25, 0.3) is 0 Å². The Labute approximate surface area is 141 Å². The molecule has 1 saturated heterocycles. The Bertz CT molecular complexity index is 719. The average molecular weight is 330 g/mol. The van der Waals surface area contributed by atoms with E-state index in [1.807, 2.05) is 24.3 Å². The molecule has 1 aliphatic heterocycles. The molecule has 1 aliphatic rings. The number of carbonyl (C=O) groups excluding carboxylic acids is 1. The lowest BCUT2D eigenvalue weighted by Crippen LogP contribution is -2.24. The number of esters is 1. The Morgan fingerprint density at radius 3 is 2.83 bits per heavy atom. The van der Waals surface area contributed by atoms with Gasteiger partial charge in [-0.3, -0.25) is 0 Å². The van der Waals surface area contributed by atoms with Crippen molar-refractivity contribution in [1.29, 1.82) is 0 Å². The summed E-state index contributed by atoms with van der Waals surface area (Å²) in [5.74, 6) is 0.888. The highest BCUT2D eigenvalue weighted by Crippen LogP contribution is 2.33. The lowest BCUT2D eigenvalue weighted by molar-refractivity contribution is -0.105. The monoisotopic (exact) mass is 330 g/mol. The molecule has 0 N–H and O–H groups in total. The minimum absolute atomic E-state index is 0.183. The Balaban J connectivity index is 1.90. The fraction of sp³-hybridized carbons (Fsp3) is 0.421. The second-order valence-electron chi connectivity index (χ2n) is 5.66. The fourth-order valence-electron chi connectivity index (χ4n) is 2.90. The molecule has 1 heterocycles.